The molecular formula is C18H38BrNO. The number of likely N-dealkylation sites (N-methyl/N-ethyl adjacent to an activating group) is 1. The van der Waals surface area contributed by atoms with Crippen molar-refractivity contribution in [2.75, 3.05) is 27.2 Å². The van der Waals surface area contributed by atoms with E-state index < -0.39 is 0 Å². The number of hydrogen-bond acceptors (Lipinski definition) is 1. The van der Waals surface area contributed by atoms with E-state index in [-0.39, 0.29) is 22.4 Å². The van der Waals surface area contributed by atoms with Gasteiger partial charge in [0.05, 0.1) is 20.6 Å². The van der Waals surface area contributed by atoms with E-state index >= 15 is 0 Å². The molecule has 0 unspecified atom stereocenters. The van der Waals surface area contributed by atoms with Crippen LogP contribution in [0.3, 0.4) is 0 Å². The third-order valence-electron chi connectivity index (χ3n) is 4.03. The van der Waals surface area contributed by atoms with Gasteiger partial charge in [-0.25, -0.2) is 0 Å². The van der Waals surface area contributed by atoms with Crippen LogP contribution in [0.15, 0.2) is 0 Å². The summed E-state index contributed by atoms with van der Waals surface area (Å²) in [6.07, 6.45) is 10.8. The van der Waals surface area contributed by atoms with E-state index in [4.69, 9.17) is 0 Å². The summed E-state index contributed by atoms with van der Waals surface area (Å²) in [7, 11) is 4.37. The molecule has 21 heavy (non-hydrogen) atoms. The lowest BCUT2D eigenvalue weighted by molar-refractivity contribution is -0.882. The number of ketones is 1. The number of hydrogen-bond donors (Lipinski definition) is 0. The monoisotopic (exact) mass is 363 g/mol. The second kappa shape index (κ2) is 11.6. The Hall–Kier alpha value is 0.110. The van der Waals surface area contributed by atoms with Crippen LogP contribution in [0.2, 0.25) is 0 Å². The summed E-state index contributed by atoms with van der Waals surface area (Å²) < 4.78 is 0.839. The summed E-state index contributed by atoms with van der Waals surface area (Å²) in [6, 6.07) is 0. The van der Waals surface area contributed by atoms with Gasteiger partial charge in [-0.2, -0.15) is 0 Å². The number of unbranched alkanes of at least 4 members (excludes halogenated alkanes) is 7. The number of quaternary nitrogens is 1. The van der Waals surface area contributed by atoms with Crippen LogP contribution in [0, 0.1) is 5.41 Å². The van der Waals surface area contributed by atoms with Gasteiger partial charge in [0, 0.05) is 5.41 Å². The lowest BCUT2D eigenvalue weighted by Gasteiger charge is -2.31. The van der Waals surface area contributed by atoms with Crippen LogP contribution in [0.5, 0.6) is 0 Å². The Labute approximate surface area is 144 Å². The van der Waals surface area contributed by atoms with Crippen molar-refractivity contribution in [2.45, 2.75) is 79.1 Å². The maximum absolute atomic E-state index is 12.1. The molecule has 0 aliphatic rings. The molecule has 0 aromatic heterocycles. The highest BCUT2D eigenvalue weighted by atomic mass is 79.9. The first kappa shape index (κ1) is 23.4. The third-order valence-corrected chi connectivity index (χ3v) is 4.03. The Balaban J connectivity index is 0. The number of Topliss-reactive ketones (excluding diaryl/α,β-unsaturated/α-hetero) is 1. The molecule has 0 radical (unpaired) electrons. The molecule has 128 valence electrons. The lowest BCUT2D eigenvalue weighted by Crippen LogP contribution is -3.00. The molecule has 0 atom stereocenters. The minimum atomic E-state index is -0.200. The number of halogens is 1. The molecule has 0 saturated heterocycles. The highest BCUT2D eigenvalue weighted by Gasteiger charge is 2.28. The highest BCUT2D eigenvalue weighted by molar-refractivity contribution is 5.84. The molecule has 0 rings (SSSR count). The van der Waals surface area contributed by atoms with Gasteiger partial charge in [-0.15, -0.1) is 0 Å². The molecule has 3 heteroatoms. The molecule has 0 heterocycles. The minimum Gasteiger partial charge on any atom is -1.00 e. The summed E-state index contributed by atoms with van der Waals surface area (Å²) in [4.78, 5) is 12.1. The summed E-state index contributed by atoms with van der Waals surface area (Å²) >= 11 is 0. The van der Waals surface area contributed by atoms with E-state index in [9.17, 15) is 4.79 Å². The summed E-state index contributed by atoms with van der Waals surface area (Å²) in [5.41, 5.74) is -0.200. The van der Waals surface area contributed by atoms with Crippen molar-refractivity contribution < 1.29 is 26.3 Å². The summed E-state index contributed by atoms with van der Waals surface area (Å²) in [5, 5.41) is 0. The molecule has 0 aliphatic heterocycles. The molecule has 0 aromatic rings. The number of rotatable bonds is 11. The van der Waals surface area contributed by atoms with Gasteiger partial charge < -0.3 is 21.5 Å². The smallest absolute Gasteiger partial charge is 0.192 e. The van der Waals surface area contributed by atoms with Gasteiger partial charge in [-0.3, -0.25) is 4.79 Å². The highest BCUT2D eigenvalue weighted by Crippen LogP contribution is 2.17. The Bertz CT molecular complexity index is 269. The van der Waals surface area contributed by atoms with E-state index in [0.29, 0.717) is 12.3 Å². The fourth-order valence-corrected chi connectivity index (χ4v) is 2.38. The maximum atomic E-state index is 12.1. The summed E-state index contributed by atoms with van der Waals surface area (Å²) in [6.45, 7) is 10.1. The van der Waals surface area contributed by atoms with E-state index in [0.717, 1.165) is 11.0 Å². The number of carbonyl (C=O) groups excluding carboxylic acids is 1. The number of nitrogens with zero attached hydrogens (tertiary/aromatic N) is 1. The van der Waals surface area contributed by atoms with Crippen LogP contribution in [-0.2, 0) is 4.79 Å². The Morgan fingerprint density at radius 3 is 1.71 bits per heavy atom. The van der Waals surface area contributed by atoms with Crippen LogP contribution in [0.25, 0.3) is 0 Å². The zero-order valence-electron chi connectivity index (χ0n) is 15.3. The quantitative estimate of drug-likeness (QED) is 0.404. The zero-order chi connectivity index (χ0) is 15.6. The average Bonchev–Trinajstić information content (AvgIpc) is 2.30. The number of carbonyl (C=O) groups is 1. The molecule has 0 N–H and O–H groups in total. The van der Waals surface area contributed by atoms with Crippen LogP contribution in [-0.4, -0.2) is 37.5 Å². The Morgan fingerprint density at radius 1 is 0.857 bits per heavy atom. The van der Waals surface area contributed by atoms with Gasteiger partial charge in [0.25, 0.3) is 0 Å². The topological polar surface area (TPSA) is 17.1 Å². The second-order valence-corrected chi connectivity index (χ2v) is 7.97. The molecule has 0 fully saturated rings. The van der Waals surface area contributed by atoms with Gasteiger partial charge in [-0.05, 0) is 12.8 Å². The summed E-state index contributed by atoms with van der Waals surface area (Å²) in [5.74, 6) is 0.377. The lowest BCUT2D eigenvalue weighted by atomic mass is 9.90. The largest absolute Gasteiger partial charge is 1.00 e. The normalized spacial score (nSPS) is 12.1. The SMILES string of the molecule is CCCCCCCCCC[N+](C)(C)CC(=O)C(C)(C)C.[Br-]. The zero-order valence-corrected chi connectivity index (χ0v) is 16.9. The molecule has 0 amide bonds. The fourth-order valence-electron chi connectivity index (χ4n) is 2.38. The van der Waals surface area contributed by atoms with Crippen LogP contribution in [0.1, 0.15) is 79.1 Å². The van der Waals surface area contributed by atoms with Crippen molar-refractivity contribution in [3.05, 3.63) is 0 Å². The van der Waals surface area contributed by atoms with Gasteiger partial charge in [0.2, 0.25) is 0 Å². The van der Waals surface area contributed by atoms with Gasteiger partial charge in [0.15, 0.2) is 5.78 Å². The molecular weight excluding hydrogens is 326 g/mol. The predicted molar refractivity (Wildman–Crippen MR) is 88.9 cm³/mol. The molecule has 2 nitrogen and oxygen atoms in total. The van der Waals surface area contributed by atoms with Gasteiger partial charge >= 0.3 is 0 Å². The Kier molecular flexibility index (Phi) is 13.0. The Morgan fingerprint density at radius 2 is 1.29 bits per heavy atom. The third kappa shape index (κ3) is 13.5. The van der Waals surface area contributed by atoms with Crippen molar-refractivity contribution in [2.24, 2.45) is 5.41 Å². The van der Waals surface area contributed by atoms with Crippen LogP contribution >= 0.6 is 0 Å². The van der Waals surface area contributed by atoms with E-state index in [1.807, 2.05) is 20.8 Å². The molecule has 0 saturated carbocycles. The second-order valence-electron chi connectivity index (χ2n) is 7.97. The first-order valence-electron chi connectivity index (χ1n) is 8.54. The van der Waals surface area contributed by atoms with E-state index in [1.165, 1.54) is 51.4 Å². The van der Waals surface area contributed by atoms with Crippen molar-refractivity contribution in [1.29, 1.82) is 0 Å². The van der Waals surface area contributed by atoms with Crippen molar-refractivity contribution in [3.63, 3.8) is 0 Å². The van der Waals surface area contributed by atoms with Crippen LogP contribution in [0.4, 0.5) is 0 Å². The van der Waals surface area contributed by atoms with Crippen molar-refractivity contribution in [1.82, 2.24) is 0 Å². The standard InChI is InChI=1S/C18H38NO.BrH/c1-7-8-9-10-11-12-13-14-15-19(5,6)16-17(20)18(2,3)4;/h7-16H2,1-6H3;1H/q+1;/p-1. The fraction of sp³-hybridized carbons (Fsp3) is 0.944. The molecule has 0 aliphatic carbocycles. The van der Waals surface area contributed by atoms with E-state index in [1.54, 1.807) is 0 Å². The first-order chi connectivity index (χ1) is 9.19. The average molecular weight is 364 g/mol. The molecule has 0 aromatic carbocycles. The molecule has 0 bridgehead atoms. The van der Waals surface area contributed by atoms with Crippen molar-refractivity contribution >= 4 is 5.78 Å². The van der Waals surface area contributed by atoms with Crippen LogP contribution < -0.4 is 17.0 Å². The van der Waals surface area contributed by atoms with Gasteiger partial charge in [0.1, 0.15) is 6.54 Å². The predicted octanol–water partition coefficient (Wildman–Crippen LogP) is 1.82. The van der Waals surface area contributed by atoms with E-state index in [2.05, 4.69) is 21.0 Å². The maximum Gasteiger partial charge on any atom is 0.192 e. The molecule has 0 spiro atoms. The van der Waals surface area contributed by atoms with Crippen molar-refractivity contribution in [3.8, 4) is 0 Å². The van der Waals surface area contributed by atoms with Gasteiger partial charge in [-0.1, -0.05) is 66.2 Å². The first-order valence-corrected chi connectivity index (χ1v) is 8.54. The minimum absolute atomic E-state index is 0.